The maximum atomic E-state index is 10.3. The van der Waals surface area contributed by atoms with E-state index >= 15 is 0 Å². The van der Waals surface area contributed by atoms with Crippen LogP contribution in [0.1, 0.15) is 38.4 Å². The van der Waals surface area contributed by atoms with Gasteiger partial charge in [-0.2, -0.15) is 0 Å². The van der Waals surface area contributed by atoms with Crippen molar-refractivity contribution in [2.75, 3.05) is 26.4 Å². The van der Waals surface area contributed by atoms with Gasteiger partial charge < -0.3 is 19.5 Å². The van der Waals surface area contributed by atoms with Crippen LogP contribution >= 0.6 is 0 Å². The van der Waals surface area contributed by atoms with Crippen molar-refractivity contribution in [3.63, 3.8) is 0 Å². The molecule has 1 aliphatic heterocycles. The van der Waals surface area contributed by atoms with E-state index in [9.17, 15) is 5.11 Å². The molecule has 0 saturated carbocycles. The monoisotopic (exact) mass is 265 g/mol. The molecular weight excluding hydrogens is 242 g/mol. The van der Waals surface area contributed by atoms with Crippen LogP contribution < -0.4 is 9.47 Å². The molecule has 1 unspecified atom stereocenters. The third-order valence-corrected chi connectivity index (χ3v) is 3.29. The molecule has 0 radical (unpaired) electrons. The van der Waals surface area contributed by atoms with Gasteiger partial charge in [-0.15, -0.1) is 0 Å². The Labute approximate surface area is 114 Å². The molecule has 19 heavy (non-hydrogen) atoms. The van der Waals surface area contributed by atoms with Gasteiger partial charge in [-0.1, -0.05) is 19.9 Å². The quantitative estimate of drug-likeness (QED) is 0.822. The predicted octanol–water partition coefficient (Wildman–Crippen LogP) is 2.57. The molecule has 1 N–H and O–H groups in total. The zero-order valence-corrected chi connectivity index (χ0v) is 11.8. The first-order chi connectivity index (χ1) is 9.24. The number of hydrogen-bond donors (Lipinski definition) is 1. The highest BCUT2D eigenvalue weighted by atomic mass is 16.7. The molecule has 106 valence electrons. The van der Waals surface area contributed by atoms with Gasteiger partial charge in [0.2, 0.25) is 6.79 Å². The van der Waals surface area contributed by atoms with Crippen LogP contribution in [0.4, 0.5) is 0 Å². The molecule has 0 bridgehead atoms. The van der Waals surface area contributed by atoms with Gasteiger partial charge in [0.1, 0.15) is 0 Å². The smallest absolute Gasteiger partial charge is 0.231 e. The molecule has 0 aromatic heterocycles. The van der Waals surface area contributed by atoms with Crippen molar-refractivity contribution in [1.82, 2.24) is 4.90 Å². The topological polar surface area (TPSA) is 41.9 Å². The molecule has 0 spiro atoms. The summed E-state index contributed by atoms with van der Waals surface area (Å²) in [5.74, 6) is 1.49. The summed E-state index contributed by atoms with van der Waals surface area (Å²) >= 11 is 0. The zero-order chi connectivity index (χ0) is 13.7. The first-order valence-corrected chi connectivity index (χ1v) is 7.04. The van der Waals surface area contributed by atoms with Crippen molar-refractivity contribution in [3.05, 3.63) is 23.8 Å². The Morgan fingerprint density at radius 3 is 2.53 bits per heavy atom. The number of nitrogens with zero attached hydrogens (tertiary/aromatic N) is 1. The Morgan fingerprint density at radius 1 is 1.16 bits per heavy atom. The first kappa shape index (κ1) is 14.2. The largest absolute Gasteiger partial charge is 0.454 e. The van der Waals surface area contributed by atoms with E-state index in [1.165, 1.54) is 0 Å². The van der Waals surface area contributed by atoms with Gasteiger partial charge in [0.25, 0.3) is 0 Å². The molecule has 1 aromatic carbocycles. The van der Waals surface area contributed by atoms with Crippen LogP contribution in [0.15, 0.2) is 18.2 Å². The summed E-state index contributed by atoms with van der Waals surface area (Å²) in [6.07, 6.45) is 1.73. The maximum absolute atomic E-state index is 10.3. The average molecular weight is 265 g/mol. The van der Waals surface area contributed by atoms with E-state index in [-0.39, 0.29) is 6.79 Å². The Kier molecular flexibility index (Phi) is 5.05. The number of ether oxygens (including phenoxy) is 2. The fourth-order valence-corrected chi connectivity index (χ4v) is 2.40. The standard InChI is InChI=1S/C15H23NO3/c1-3-7-16(8-4-2)10-13(17)12-5-6-14-15(9-12)19-11-18-14/h5-6,9,13,17H,3-4,7-8,10-11H2,1-2H3. The summed E-state index contributed by atoms with van der Waals surface area (Å²) in [6.45, 7) is 7.31. The van der Waals surface area contributed by atoms with Crippen LogP contribution in [-0.2, 0) is 0 Å². The highest BCUT2D eigenvalue weighted by Crippen LogP contribution is 2.34. The molecule has 1 heterocycles. The molecule has 0 aliphatic carbocycles. The minimum absolute atomic E-state index is 0.271. The molecule has 1 aromatic rings. The normalized spacial score (nSPS) is 14.9. The van der Waals surface area contributed by atoms with Gasteiger partial charge >= 0.3 is 0 Å². The average Bonchev–Trinajstić information content (AvgIpc) is 2.86. The summed E-state index contributed by atoms with van der Waals surface area (Å²) in [4.78, 5) is 2.30. The number of rotatable bonds is 7. The van der Waals surface area contributed by atoms with E-state index in [2.05, 4.69) is 18.7 Å². The lowest BCUT2D eigenvalue weighted by Gasteiger charge is -2.24. The minimum Gasteiger partial charge on any atom is -0.454 e. The lowest BCUT2D eigenvalue weighted by molar-refractivity contribution is 0.112. The van der Waals surface area contributed by atoms with Crippen molar-refractivity contribution in [2.24, 2.45) is 0 Å². The van der Waals surface area contributed by atoms with E-state index in [1.807, 2.05) is 18.2 Å². The van der Waals surface area contributed by atoms with E-state index in [0.29, 0.717) is 6.54 Å². The summed E-state index contributed by atoms with van der Waals surface area (Å²) in [5, 5.41) is 10.3. The molecule has 2 rings (SSSR count). The van der Waals surface area contributed by atoms with Crippen LogP contribution in [0, 0.1) is 0 Å². The fourth-order valence-electron chi connectivity index (χ4n) is 2.40. The molecule has 0 saturated heterocycles. The molecule has 0 amide bonds. The summed E-state index contributed by atoms with van der Waals surface area (Å²) in [5.41, 5.74) is 0.890. The second-order valence-electron chi connectivity index (χ2n) is 4.93. The van der Waals surface area contributed by atoms with Crippen molar-refractivity contribution in [2.45, 2.75) is 32.8 Å². The SMILES string of the molecule is CCCN(CCC)CC(O)c1ccc2c(c1)OCO2. The van der Waals surface area contributed by atoms with Crippen LogP contribution in [-0.4, -0.2) is 36.4 Å². The Bertz CT molecular complexity index is 402. The van der Waals surface area contributed by atoms with E-state index in [0.717, 1.165) is 43.0 Å². The summed E-state index contributed by atoms with van der Waals surface area (Å²) < 4.78 is 10.6. The van der Waals surface area contributed by atoms with Gasteiger partial charge in [0, 0.05) is 6.54 Å². The zero-order valence-electron chi connectivity index (χ0n) is 11.8. The fraction of sp³-hybridized carbons (Fsp3) is 0.600. The summed E-state index contributed by atoms with van der Waals surface area (Å²) in [6, 6.07) is 5.65. The van der Waals surface area contributed by atoms with Gasteiger partial charge in [0.15, 0.2) is 11.5 Å². The molecule has 4 heteroatoms. The number of aliphatic hydroxyl groups excluding tert-OH is 1. The highest BCUT2D eigenvalue weighted by Gasteiger charge is 2.18. The third kappa shape index (κ3) is 3.61. The lowest BCUT2D eigenvalue weighted by Crippen LogP contribution is -2.30. The van der Waals surface area contributed by atoms with Crippen LogP contribution in [0.5, 0.6) is 11.5 Å². The van der Waals surface area contributed by atoms with Crippen molar-refractivity contribution < 1.29 is 14.6 Å². The van der Waals surface area contributed by atoms with E-state index in [1.54, 1.807) is 0 Å². The third-order valence-electron chi connectivity index (χ3n) is 3.29. The van der Waals surface area contributed by atoms with E-state index < -0.39 is 6.10 Å². The van der Waals surface area contributed by atoms with Crippen molar-refractivity contribution in [1.29, 1.82) is 0 Å². The molecular formula is C15H23NO3. The van der Waals surface area contributed by atoms with Gasteiger partial charge in [-0.3, -0.25) is 0 Å². The Morgan fingerprint density at radius 2 is 1.84 bits per heavy atom. The van der Waals surface area contributed by atoms with Crippen molar-refractivity contribution >= 4 is 0 Å². The number of hydrogen-bond acceptors (Lipinski definition) is 4. The van der Waals surface area contributed by atoms with Gasteiger partial charge in [-0.05, 0) is 43.6 Å². The highest BCUT2D eigenvalue weighted by molar-refractivity contribution is 5.45. The maximum Gasteiger partial charge on any atom is 0.231 e. The molecule has 4 nitrogen and oxygen atoms in total. The van der Waals surface area contributed by atoms with Gasteiger partial charge in [0.05, 0.1) is 6.10 Å². The number of fused-ring (bicyclic) bond motifs is 1. The first-order valence-electron chi connectivity index (χ1n) is 7.04. The lowest BCUT2D eigenvalue weighted by atomic mass is 10.1. The summed E-state index contributed by atoms with van der Waals surface area (Å²) in [7, 11) is 0. The Balaban J connectivity index is 2.00. The molecule has 1 aliphatic rings. The van der Waals surface area contributed by atoms with Gasteiger partial charge in [-0.25, -0.2) is 0 Å². The van der Waals surface area contributed by atoms with Crippen LogP contribution in [0.25, 0.3) is 0 Å². The molecule has 1 atom stereocenters. The van der Waals surface area contributed by atoms with Crippen LogP contribution in [0.2, 0.25) is 0 Å². The van der Waals surface area contributed by atoms with E-state index in [4.69, 9.17) is 9.47 Å². The number of aliphatic hydroxyl groups is 1. The van der Waals surface area contributed by atoms with Crippen LogP contribution in [0.3, 0.4) is 0 Å². The Hall–Kier alpha value is -1.26. The minimum atomic E-state index is -0.479. The van der Waals surface area contributed by atoms with Crippen molar-refractivity contribution in [3.8, 4) is 11.5 Å². The second kappa shape index (κ2) is 6.78. The second-order valence-corrected chi connectivity index (χ2v) is 4.93. The molecule has 0 fully saturated rings. The predicted molar refractivity (Wildman–Crippen MR) is 74.5 cm³/mol. The number of benzene rings is 1.